The molecular weight excluding hydrogens is 224 g/mol. The highest BCUT2D eigenvalue weighted by Gasteiger charge is 2.14. The normalized spacial score (nSPS) is 10.6. The minimum absolute atomic E-state index is 0.0450. The first kappa shape index (κ1) is 12.6. The smallest absolute Gasteiger partial charge is 0.196 e. The molecule has 1 aromatic heterocycles. The molecule has 0 bridgehead atoms. The van der Waals surface area contributed by atoms with Gasteiger partial charge in [-0.2, -0.15) is 5.10 Å². The Balaban J connectivity index is 2.26. The lowest BCUT2D eigenvalue weighted by Crippen LogP contribution is -2.02. The third-order valence-electron chi connectivity index (χ3n) is 3.01. The minimum Gasteiger partial charge on any atom is -0.288 e. The standard InChI is InChI=1S/C15H18N2O/c1-4-5-12-6-8-13(9-7-12)15(18)14-10-17(3)16-11(14)2/h6-10H,4-5H2,1-3H3. The lowest BCUT2D eigenvalue weighted by Gasteiger charge is -2.02. The number of ketones is 1. The van der Waals surface area contributed by atoms with E-state index in [1.165, 1.54) is 5.56 Å². The van der Waals surface area contributed by atoms with Gasteiger partial charge in [-0.3, -0.25) is 9.48 Å². The maximum Gasteiger partial charge on any atom is 0.196 e. The molecule has 18 heavy (non-hydrogen) atoms. The van der Waals surface area contributed by atoms with Crippen molar-refractivity contribution in [2.24, 2.45) is 7.05 Å². The third-order valence-corrected chi connectivity index (χ3v) is 3.01. The predicted molar refractivity (Wildman–Crippen MR) is 71.8 cm³/mol. The lowest BCUT2D eigenvalue weighted by atomic mass is 10.0. The monoisotopic (exact) mass is 242 g/mol. The summed E-state index contributed by atoms with van der Waals surface area (Å²) in [5, 5.41) is 4.20. The number of benzene rings is 1. The molecule has 0 aliphatic carbocycles. The summed E-state index contributed by atoms with van der Waals surface area (Å²) < 4.78 is 1.67. The number of aryl methyl sites for hydroxylation is 3. The van der Waals surface area contributed by atoms with Gasteiger partial charge >= 0.3 is 0 Å². The average Bonchev–Trinajstić information content (AvgIpc) is 2.69. The van der Waals surface area contributed by atoms with Crippen LogP contribution in [0, 0.1) is 6.92 Å². The molecule has 0 aliphatic rings. The number of hydrogen-bond donors (Lipinski definition) is 0. The summed E-state index contributed by atoms with van der Waals surface area (Å²) in [4.78, 5) is 12.3. The molecule has 3 nitrogen and oxygen atoms in total. The van der Waals surface area contributed by atoms with Crippen molar-refractivity contribution >= 4 is 5.78 Å². The minimum atomic E-state index is 0.0450. The average molecular weight is 242 g/mol. The van der Waals surface area contributed by atoms with Crippen molar-refractivity contribution in [2.45, 2.75) is 26.7 Å². The van der Waals surface area contributed by atoms with Crippen LogP contribution in [0.1, 0.15) is 40.5 Å². The molecule has 0 atom stereocenters. The van der Waals surface area contributed by atoms with E-state index in [0.717, 1.165) is 24.1 Å². The van der Waals surface area contributed by atoms with E-state index in [4.69, 9.17) is 0 Å². The summed E-state index contributed by atoms with van der Waals surface area (Å²) in [7, 11) is 1.83. The van der Waals surface area contributed by atoms with Crippen molar-refractivity contribution in [1.82, 2.24) is 9.78 Å². The largest absolute Gasteiger partial charge is 0.288 e. The van der Waals surface area contributed by atoms with Crippen LogP contribution in [0.5, 0.6) is 0 Å². The van der Waals surface area contributed by atoms with Crippen LogP contribution < -0.4 is 0 Å². The number of rotatable bonds is 4. The van der Waals surface area contributed by atoms with Gasteiger partial charge < -0.3 is 0 Å². The molecule has 0 radical (unpaired) electrons. The number of aromatic nitrogens is 2. The maximum atomic E-state index is 12.3. The Bertz CT molecular complexity index is 552. The van der Waals surface area contributed by atoms with Crippen LogP contribution in [-0.2, 0) is 13.5 Å². The van der Waals surface area contributed by atoms with Crippen LogP contribution in [0.25, 0.3) is 0 Å². The van der Waals surface area contributed by atoms with Crippen molar-refractivity contribution in [2.75, 3.05) is 0 Å². The Morgan fingerprint density at radius 2 is 1.94 bits per heavy atom. The third kappa shape index (κ3) is 2.50. The second-order valence-electron chi connectivity index (χ2n) is 4.58. The van der Waals surface area contributed by atoms with Gasteiger partial charge in [0.15, 0.2) is 5.78 Å². The van der Waals surface area contributed by atoms with Gasteiger partial charge in [0, 0.05) is 18.8 Å². The lowest BCUT2D eigenvalue weighted by molar-refractivity contribution is 0.103. The topological polar surface area (TPSA) is 34.9 Å². The summed E-state index contributed by atoms with van der Waals surface area (Å²) in [6.45, 7) is 4.01. The molecule has 0 amide bonds. The molecule has 3 heteroatoms. The van der Waals surface area contributed by atoms with Crippen LogP contribution in [0.3, 0.4) is 0 Å². The second kappa shape index (κ2) is 5.17. The number of carbonyl (C=O) groups is 1. The summed E-state index contributed by atoms with van der Waals surface area (Å²) in [6, 6.07) is 7.87. The Labute approximate surface area is 107 Å². The molecule has 0 spiro atoms. The highest BCUT2D eigenvalue weighted by Crippen LogP contribution is 2.14. The molecule has 1 aromatic carbocycles. The summed E-state index contributed by atoms with van der Waals surface area (Å²) in [6.07, 6.45) is 3.95. The second-order valence-corrected chi connectivity index (χ2v) is 4.58. The Hall–Kier alpha value is -1.90. The molecule has 0 saturated carbocycles. The maximum absolute atomic E-state index is 12.3. The van der Waals surface area contributed by atoms with E-state index in [1.54, 1.807) is 10.9 Å². The molecular formula is C15H18N2O. The van der Waals surface area contributed by atoms with Crippen molar-refractivity contribution in [3.05, 3.63) is 52.8 Å². The Morgan fingerprint density at radius 1 is 1.28 bits per heavy atom. The van der Waals surface area contributed by atoms with Gasteiger partial charge in [0.1, 0.15) is 0 Å². The molecule has 2 aromatic rings. The quantitative estimate of drug-likeness (QED) is 0.773. The molecule has 1 heterocycles. The van der Waals surface area contributed by atoms with Gasteiger partial charge in [0.25, 0.3) is 0 Å². The zero-order valence-corrected chi connectivity index (χ0v) is 11.1. The van der Waals surface area contributed by atoms with E-state index < -0.39 is 0 Å². The SMILES string of the molecule is CCCc1ccc(C(=O)c2cn(C)nc2C)cc1. The molecule has 0 unspecified atom stereocenters. The van der Waals surface area contributed by atoms with Crippen LogP contribution >= 0.6 is 0 Å². The molecule has 0 saturated heterocycles. The van der Waals surface area contributed by atoms with E-state index in [1.807, 2.05) is 38.2 Å². The van der Waals surface area contributed by atoms with Crippen LogP contribution in [-0.4, -0.2) is 15.6 Å². The van der Waals surface area contributed by atoms with Crippen molar-refractivity contribution in [3.63, 3.8) is 0 Å². The highest BCUT2D eigenvalue weighted by atomic mass is 16.1. The van der Waals surface area contributed by atoms with Gasteiger partial charge in [-0.15, -0.1) is 0 Å². The highest BCUT2D eigenvalue weighted by molar-refractivity contribution is 6.09. The summed E-state index contributed by atoms with van der Waals surface area (Å²) in [5.41, 5.74) is 3.46. The molecule has 94 valence electrons. The fourth-order valence-corrected chi connectivity index (χ4v) is 2.09. The molecule has 0 fully saturated rings. The van der Waals surface area contributed by atoms with Crippen LogP contribution in [0.2, 0.25) is 0 Å². The first-order valence-electron chi connectivity index (χ1n) is 6.25. The van der Waals surface area contributed by atoms with Gasteiger partial charge in [0.05, 0.1) is 11.3 Å². The molecule has 0 aliphatic heterocycles. The van der Waals surface area contributed by atoms with Gasteiger partial charge in [0.2, 0.25) is 0 Å². The van der Waals surface area contributed by atoms with Crippen LogP contribution in [0.4, 0.5) is 0 Å². The number of nitrogens with zero attached hydrogens (tertiary/aromatic N) is 2. The Morgan fingerprint density at radius 3 is 2.44 bits per heavy atom. The zero-order valence-electron chi connectivity index (χ0n) is 11.1. The zero-order chi connectivity index (χ0) is 13.1. The van der Waals surface area contributed by atoms with Crippen LogP contribution in [0.15, 0.2) is 30.5 Å². The molecule has 0 N–H and O–H groups in total. The van der Waals surface area contributed by atoms with Gasteiger partial charge in [-0.05, 0) is 18.9 Å². The molecule has 2 rings (SSSR count). The van der Waals surface area contributed by atoms with E-state index in [0.29, 0.717) is 5.56 Å². The van der Waals surface area contributed by atoms with Gasteiger partial charge in [-0.1, -0.05) is 37.6 Å². The predicted octanol–water partition coefficient (Wildman–Crippen LogP) is 2.91. The first-order chi connectivity index (χ1) is 8.61. The van der Waals surface area contributed by atoms with E-state index in [-0.39, 0.29) is 5.78 Å². The number of carbonyl (C=O) groups excluding carboxylic acids is 1. The number of hydrogen-bond acceptors (Lipinski definition) is 2. The fraction of sp³-hybridized carbons (Fsp3) is 0.333. The Kier molecular flexibility index (Phi) is 3.60. The van der Waals surface area contributed by atoms with E-state index in [2.05, 4.69) is 12.0 Å². The fourth-order valence-electron chi connectivity index (χ4n) is 2.09. The summed E-state index contributed by atoms with van der Waals surface area (Å²) >= 11 is 0. The first-order valence-corrected chi connectivity index (χ1v) is 6.25. The van der Waals surface area contributed by atoms with E-state index in [9.17, 15) is 4.79 Å². The van der Waals surface area contributed by atoms with Crippen molar-refractivity contribution < 1.29 is 4.79 Å². The van der Waals surface area contributed by atoms with Crippen molar-refractivity contribution in [1.29, 1.82) is 0 Å². The summed E-state index contributed by atoms with van der Waals surface area (Å²) in [5.74, 6) is 0.0450. The van der Waals surface area contributed by atoms with Crippen molar-refractivity contribution in [3.8, 4) is 0 Å². The van der Waals surface area contributed by atoms with Gasteiger partial charge in [-0.25, -0.2) is 0 Å². The van der Waals surface area contributed by atoms with E-state index >= 15 is 0 Å².